The Hall–Kier alpha value is -3.94. The average Bonchev–Trinajstić information content (AvgIpc) is 3.09. The van der Waals surface area contributed by atoms with E-state index in [0.29, 0.717) is 5.69 Å². The zero-order valence-electron chi connectivity index (χ0n) is 19.2. The second-order valence-corrected chi connectivity index (χ2v) is 8.18. The van der Waals surface area contributed by atoms with Crippen molar-refractivity contribution in [3.05, 3.63) is 77.1 Å². The van der Waals surface area contributed by atoms with Crippen LogP contribution in [0.4, 0.5) is 4.39 Å². The van der Waals surface area contributed by atoms with Gasteiger partial charge >= 0.3 is 0 Å². The number of carbonyl (C=O) groups is 1. The molecule has 1 amide bonds. The monoisotopic (exact) mass is 463 g/mol. The zero-order valence-corrected chi connectivity index (χ0v) is 19.2. The van der Waals surface area contributed by atoms with Crippen LogP contribution in [0.15, 0.2) is 48.9 Å². The Balaban J connectivity index is 1.63. The predicted octanol–water partition coefficient (Wildman–Crippen LogP) is 4.32. The summed E-state index contributed by atoms with van der Waals surface area (Å²) in [5.74, 6) is -0.236. The fourth-order valence-electron chi connectivity index (χ4n) is 4.39. The third kappa shape index (κ3) is 4.71. The van der Waals surface area contributed by atoms with Gasteiger partial charge in [-0.15, -0.1) is 0 Å². The van der Waals surface area contributed by atoms with E-state index in [2.05, 4.69) is 15.3 Å². The van der Waals surface area contributed by atoms with E-state index in [1.165, 1.54) is 26.4 Å². The normalized spacial score (nSPS) is 17.9. The third-order valence-corrected chi connectivity index (χ3v) is 6.13. The highest BCUT2D eigenvalue weighted by molar-refractivity contribution is 5.89. The van der Waals surface area contributed by atoms with Gasteiger partial charge in [0.1, 0.15) is 5.82 Å². The van der Waals surface area contributed by atoms with Crippen LogP contribution in [0.3, 0.4) is 0 Å². The number of rotatable bonds is 7. The molecule has 176 valence electrons. The van der Waals surface area contributed by atoms with E-state index in [-0.39, 0.29) is 53.8 Å². The highest BCUT2D eigenvalue weighted by Gasteiger charge is 2.35. The molecule has 0 fully saturated rings. The number of fused-ring (bicyclic) bond motifs is 1. The molecule has 1 aliphatic carbocycles. The van der Waals surface area contributed by atoms with Gasteiger partial charge in [-0.25, -0.2) is 4.39 Å². The van der Waals surface area contributed by atoms with Crippen LogP contribution < -0.4 is 14.8 Å². The number of ether oxygens (including phenoxy) is 2. The van der Waals surface area contributed by atoms with Crippen molar-refractivity contribution in [2.24, 2.45) is 5.92 Å². The van der Waals surface area contributed by atoms with Crippen LogP contribution >= 0.6 is 0 Å². The number of methoxy groups -OCH3 is 2. The Kier molecular flexibility index (Phi) is 6.77. The number of hydrogen-bond donors (Lipinski definition) is 2. The minimum Gasteiger partial charge on any atom is -0.502 e. The van der Waals surface area contributed by atoms with Gasteiger partial charge in [-0.2, -0.15) is 0 Å². The molecule has 2 N–H and O–H groups in total. The van der Waals surface area contributed by atoms with Crippen LogP contribution in [0.5, 0.6) is 17.2 Å². The summed E-state index contributed by atoms with van der Waals surface area (Å²) >= 11 is 0. The summed E-state index contributed by atoms with van der Waals surface area (Å²) in [5.41, 5.74) is 4.09. The lowest BCUT2D eigenvalue weighted by Crippen LogP contribution is -2.25. The Bertz CT molecular complexity index is 1200. The number of aromatic hydroxyl groups is 1. The quantitative estimate of drug-likeness (QED) is 0.542. The van der Waals surface area contributed by atoms with Gasteiger partial charge in [0.15, 0.2) is 11.5 Å². The minimum atomic E-state index is -0.342. The fourth-order valence-corrected chi connectivity index (χ4v) is 4.39. The summed E-state index contributed by atoms with van der Waals surface area (Å²) in [6, 6.07) is 8.10. The molecule has 1 aromatic heterocycles. The van der Waals surface area contributed by atoms with Crippen molar-refractivity contribution in [3.63, 3.8) is 0 Å². The first-order valence-corrected chi connectivity index (χ1v) is 10.9. The average molecular weight is 464 g/mol. The first kappa shape index (κ1) is 23.2. The van der Waals surface area contributed by atoms with Crippen molar-refractivity contribution in [2.75, 3.05) is 14.2 Å². The van der Waals surface area contributed by atoms with Crippen molar-refractivity contribution in [1.82, 2.24) is 15.3 Å². The summed E-state index contributed by atoms with van der Waals surface area (Å²) < 4.78 is 24.7. The van der Waals surface area contributed by atoms with E-state index in [4.69, 9.17) is 9.47 Å². The summed E-state index contributed by atoms with van der Waals surface area (Å²) in [7, 11) is 2.94. The standard InChI is InChI=1S/C26H26FN3O4/c1-15-20(8-16-9-23(33-2)26(32)24(10-16)34-3)19-5-4-17(27)11-22(19)21(15)12-25(31)30-14-18-13-28-6-7-29-18/h4-11,13,15,21,32H,12,14H2,1-3H3,(H,30,31). The van der Waals surface area contributed by atoms with Crippen molar-refractivity contribution < 1.29 is 23.8 Å². The summed E-state index contributed by atoms with van der Waals surface area (Å²) in [6.07, 6.45) is 6.92. The molecule has 4 rings (SSSR count). The number of nitrogens with one attached hydrogen (secondary N) is 1. The molecular weight excluding hydrogens is 437 g/mol. The molecule has 0 aliphatic heterocycles. The van der Waals surface area contributed by atoms with E-state index < -0.39 is 0 Å². The van der Waals surface area contributed by atoms with Gasteiger partial charge in [-0.3, -0.25) is 14.8 Å². The van der Waals surface area contributed by atoms with Crippen LogP contribution in [0.2, 0.25) is 0 Å². The second kappa shape index (κ2) is 9.91. The van der Waals surface area contributed by atoms with Crippen LogP contribution in [-0.2, 0) is 11.3 Å². The van der Waals surface area contributed by atoms with Crippen LogP contribution in [0, 0.1) is 11.7 Å². The van der Waals surface area contributed by atoms with E-state index in [1.807, 2.05) is 13.0 Å². The Labute approximate surface area is 197 Å². The van der Waals surface area contributed by atoms with E-state index >= 15 is 0 Å². The van der Waals surface area contributed by atoms with Gasteiger partial charge in [0.2, 0.25) is 11.7 Å². The number of benzene rings is 2. The Morgan fingerprint density at radius 2 is 1.91 bits per heavy atom. The summed E-state index contributed by atoms with van der Waals surface area (Å²) in [5, 5.41) is 13.1. The van der Waals surface area contributed by atoms with Crippen molar-refractivity contribution >= 4 is 17.6 Å². The topological polar surface area (TPSA) is 93.6 Å². The van der Waals surface area contributed by atoms with Gasteiger partial charge in [0.05, 0.1) is 32.7 Å². The Morgan fingerprint density at radius 3 is 2.56 bits per heavy atom. The maximum atomic E-state index is 14.2. The molecule has 0 saturated carbocycles. The molecule has 0 saturated heterocycles. The lowest BCUT2D eigenvalue weighted by Gasteiger charge is -2.17. The predicted molar refractivity (Wildman–Crippen MR) is 126 cm³/mol. The van der Waals surface area contributed by atoms with Gasteiger partial charge in [0, 0.05) is 18.8 Å². The number of hydrogen-bond acceptors (Lipinski definition) is 6. The molecule has 1 heterocycles. The lowest BCUT2D eigenvalue weighted by atomic mass is 9.88. The molecule has 2 aromatic carbocycles. The van der Waals surface area contributed by atoms with Gasteiger partial charge in [-0.05, 0) is 58.4 Å². The molecule has 34 heavy (non-hydrogen) atoms. The molecule has 2 unspecified atom stereocenters. The smallest absolute Gasteiger partial charge is 0.220 e. The number of halogens is 1. The Morgan fingerprint density at radius 1 is 1.18 bits per heavy atom. The van der Waals surface area contributed by atoms with Crippen LogP contribution in [-0.4, -0.2) is 35.2 Å². The van der Waals surface area contributed by atoms with Crippen molar-refractivity contribution in [2.45, 2.75) is 25.8 Å². The summed E-state index contributed by atoms with van der Waals surface area (Å²) in [4.78, 5) is 20.9. The van der Waals surface area contributed by atoms with E-state index in [1.54, 1.807) is 36.8 Å². The number of aromatic nitrogens is 2. The van der Waals surface area contributed by atoms with E-state index in [9.17, 15) is 14.3 Å². The molecule has 8 heteroatoms. The second-order valence-electron chi connectivity index (χ2n) is 8.18. The number of allylic oxidation sites excluding steroid dienone is 1. The van der Waals surface area contributed by atoms with Gasteiger partial charge < -0.3 is 19.9 Å². The fraction of sp³-hybridized carbons (Fsp3) is 0.269. The first-order chi connectivity index (χ1) is 16.4. The number of nitrogens with zero attached hydrogens (tertiary/aromatic N) is 2. The highest BCUT2D eigenvalue weighted by Crippen LogP contribution is 2.49. The van der Waals surface area contributed by atoms with Crippen LogP contribution in [0.1, 0.15) is 41.6 Å². The molecule has 2 atom stereocenters. The molecule has 0 bridgehead atoms. The highest BCUT2D eigenvalue weighted by atomic mass is 19.1. The minimum absolute atomic E-state index is 0.0511. The first-order valence-electron chi connectivity index (χ1n) is 10.9. The van der Waals surface area contributed by atoms with Gasteiger partial charge in [0.25, 0.3) is 0 Å². The van der Waals surface area contributed by atoms with Crippen molar-refractivity contribution in [3.8, 4) is 17.2 Å². The molecule has 0 radical (unpaired) electrons. The van der Waals surface area contributed by atoms with E-state index in [0.717, 1.165) is 22.3 Å². The number of phenolic OH excluding ortho intramolecular Hbond substituents is 1. The molecule has 1 aliphatic rings. The summed E-state index contributed by atoms with van der Waals surface area (Å²) in [6.45, 7) is 2.30. The third-order valence-electron chi connectivity index (χ3n) is 6.13. The molecule has 0 spiro atoms. The maximum Gasteiger partial charge on any atom is 0.220 e. The van der Waals surface area contributed by atoms with Crippen LogP contribution in [0.25, 0.3) is 11.6 Å². The molecular formula is C26H26FN3O4. The van der Waals surface area contributed by atoms with Gasteiger partial charge in [-0.1, -0.05) is 19.1 Å². The zero-order chi connectivity index (χ0) is 24.2. The number of amides is 1. The lowest BCUT2D eigenvalue weighted by molar-refractivity contribution is -0.121. The van der Waals surface area contributed by atoms with Crippen molar-refractivity contribution in [1.29, 1.82) is 0 Å². The largest absolute Gasteiger partial charge is 0.502 e. The number of phenols is 1. The maximum absolute atomic E-state index is 14.2. The SMILES string of the molecule is COc1cc(C=C2c3ccc(F)cc3C(CC(=O)NCc3cnccn3)C2C)cc(OC)c1O. The number of carbonyl (C=O) groups excluding carboxylic acids is 1. The molecule has 7 nitrogen and oxygen atoms in total. The molecule has 3 aromatic rings.